The molecule has 0 spiro atoms. The third kappa shape index (κ3) is 1.82. The minimum atomic E-state index is -0.372. The third-order valence-corrected chi connectivity index (χ3v) is 2.50. The Morgan fingerprint density at radius 1 is 1.44 bits per heavy atom. The molecule has 1 heterocycles. The van der Waals surface area contributed by atoms with E-state index in [4.69, 9.17) is 0 Å². The summed E-state index contributed by atoms with van der Waals surface area (Å²) in [4.78, 5) is 10.2. The van der Waals surface area contributed by atoms with Gasteiger partial charge in [0.15, 0.2) is 0 Å². The summed E-state index contributed by atoms with van der Waals surface area (Å²) in [6, 6.07) is 6.82. The Kier molecular flexibility index (Phi) is 2.72. The van der Waals surface area contributed by atoms with Crippen LogP contribution in [0.4, 0.5) is 5.69 Å². The maximum Gasteiger partial charge on any atom is 0.270 e. The normalized spacial score (nSPS) is 11.3. The molecule has 0 aliphatic carbocycles. The first-order valence-corrected chi connectivity index (χ1v) is 5.07. The van der Waals surface area contributed by atoms with Crippen LogP contribution in [0.3, 0.4) is 0 Å². The lowest BCUT2D eigenvalue weighted by Gasteiger charge is -2.00. The summed E-state index contributed by atoms with van der Waals surface area (Å²) in [6.45, 7) is 2.76. The predicted octanol–water partition coefficient (Wildman–Crippen LogP) is 3.13. The van der Waals surface area contributed by atoms with Crippen LogP contribution in [0.15, 0.2) is 42.6 Å². The molecule has 0 amide bonds. The highest BCUT2D eigenvalue weighted by Gasteiger charge is 2.07. The van der Waals surface area contributed by atoms with Gasteiger partial charge in [-0.05, 0) is 19.1 Å². The number of fused-ring (bicyclic) bond motifs is 1. The van der Waals surface area contributed by atoms with E-state index in [0.717, 1.165) is 17.4 Å². The van der Waals surface area contributed by atoms with Crippen molar-refractivity contribution < 1.29 is 4.92 Å². The summed E-state index contributed by atoms with van der Waals surface area (Å²) in [7, 11) is 0. The van der Waals surface area contributed by atoms with Gasteiger partial charge in [-0.2, -0.15) is 0 Å². The van der Waals surface area contributed by atoms with E-state index in [1.807, 2.05) is 31.3 Å². The van der Waals surface area contributed by atoms with Crippen molar-refractivity contribution in [3.05, 3.63) is 52.7 Å². The smallest absolute Gasteiger partial charge is 0.270 e. The number of nitro groups is 1. The molecule has 0 atom stereocenters. The number of non-ortho nitro benzene ring substituents is 1. The van der Waals surface area contributed by atoms with Crippen molar-refractivity contribution in [3.8, 4) is 0 Å². The number of rotatable bonds is 3. The number of nitro benzene ring substituents is 1. The molecule has 0 saturated heterocycles. The number of hydrogen-bond donors (Lipinski definition) is 0. The second-order valence-corrected chi connectivity index (χ2v) is 3.54. The predicted molar refractivity (Wildman–Crippen MR) is 63.4 cm³/mol. The van der Waals surface area contributed by atoms with Crippen molar-refractivity contribution in [3.63, 3.8) is 0 Å². The molecule has 82 valence electrons. The fourth-order valence-corrected chi connectivity index (χ4v) is 1.68. The van der Waals surface area contributed by atoms with Crippen molar-refractivity contribution in [2.45, 2.75) is 13.5 Å². The summed E-state index contributed by atoms with van der Waals surface area (Å²) in [5.41, 5.74) is 1.15. The molecule has 0 bridgehead atoms. The summed E-state index contributed by atoms with van der Waals surface area (Å²) >= 11 is 0. The first-order chi connectivity index (χ1) is 7.72. The Labute approximate surface area is 93.0 Å². The lowest BCUT2D eigenvalue weighted by molar-refractivity contribution is -0.384. The van der Waals surface area contributed by atoms with Crippen LogP contribution in [-0.2, 0) is 6.54 Å². The molecule has 16 heavy (non-hydrogen) atoms. The van der Waals surface area contributed by atoms with Crippen LogP contribution in [0.25, 0.3) is 10.9 Å². The van der Waals surface area contributed by atoms with E-state index in [2.05, 4.69) is 4.57 Å². The molecular formula is C12H12N2O2. The van der Waals surface area contributed by atoms with E-state index in [0.29, 0.717) is 0 Å². The number of allylic oxidation sites excluding steroid dienone is 2. The Morgan fingerprint density at radius 2 is 2.25 bits per heavy atom. The molecule has 0 aliphatic rings. The van der Waals surface area contributed by atoms with Gasteiger partial charge < -0.3 is 4.57 Å². The molecule has 1 aromatic carbocycles. The lowest BCUT2D eigenvalue weighted by atomic mass is 10.2. The number of nitrogens with zero attached hydrogens (tertiary/aromatic N) is 2. The van der Waals surface area contributed by atoms with Crippen LogP contribution in [0, 0.1) is 10.1 Å². The molecule has 0 saturated carbocycles. The molecule has 2 rings (SSSR count). The SMILES string of the molecule is C/C=C/Cn1ccc2cc([N+](=O)[O-])ccc21. The number of benzene rings is 1. The Balaban J connectivity index is 2.46. The van der Waals surface area contributed by atoms with Crippen molar-refractivity contribution in [2.75, 3.05) is 0 Å². The van der Waals surface area contributed by atoms with E-state index in [9.17, 15) is 10.1 Å². The minimum Gasteiger partial charge on any atom is -0.344 e. The van der Waals surface area contributed by atoms with Crippen molar-refractivity contribution in [1.82, 2.24) is 4.57 Å². The minimum absolute atomic E-state index is 0.135. The van der Waals surface area contributed by atoms with Crippen LogP contribution >= 0.6 is 0 Å². The Morgan fingerprint density at radius 3 is 2.94 bits per heavy atom. The monoisotopic (exact) mass is 216 g/mol. The van der Waals surface area contributed by atoms with E-state index >= 15 is 0 Å². The van der Waals surface area contributed by atoms with Crippen molar-refractivity contribution in [2.24, 2.45) is 0 Å². The van der Waals surface area contributed by atoms with Gasteiger partial charge in [0.2, 0.25) is 0 Å². The van der Waals surface area contributed by atoms with Crippen LogP contribution in [0.1, 0.15) is 6.92 Å². The second-order valence-electron chi connectivity index (χ2n) is 3.54. The highest BCUT2D eigenvalue weighted by atomic mass is 16.6. The largest absolute Gasteiger partial charge is 0.344 e. The molecule has 0 N–H and O–H groups in total. The fourth-order valence-electron chi connectivity index (χ4n) is 1.68. The molecule has 0 radical (unpaired) electrons. The van der Waals surface area contributed by atoms with Crippen LogP contribution in [0.2, 0.25) is 0 Å². The van der Waals surface area contributed by atoms with Gasteiger partial charge in [0.25, 0.3) is 5.69 Å². The first-order valence-electron chi connectivity index (χ1n) is 5.07. The van der Waals surface area contributed by atoms with Gasteiger partial charge in [0.1, 0.15) is 0 Å². The molecule has 0 fully saturated rings. The zero-order valence-electron chi connectivity index (χ0n) is 8.96. The average Bonchev–Trinajstić information content (AvgIpc) is 2.68. The fraction of sp³-hybridized carbons (Fsp3) is 0.167. The zero-order valence-corrected chi connectivity index (χ0v) is 8.96. The van der Waals surface area contributed by atoms with E-state index in [-0.39, 0.29) is 10.6 Å². The highest BCUT2D eigenvalue weighted by Crippen LogP contribution is 2.21. The molecule has 0 aliphatic heterocycles. The van der Waals surface area contributed by atoms with E-state index in [1.54, 1.807) is 12.1 Å². The number of aromatic nitrogens is 1. The second kappa shape index (κ2) is 4.18. The van der Waals surface area contributed by atoms with Gasteiger partial charge >= 0.3 is 0 Å². The molecule has 1 aromatic heterocycles. The topological polar surface area (TPSA) is 48.1 Å². The summed E-state index contributed by atoms with van der Waals surface area (Å²) in [6.07, 6.45) is 5.96. The highest BCUT2D eigenvalue weighted by molar-refractivity contribution is 5.82. The Hall–Kier alpha value is -2.10. The Bertz CT molecular complexity index is 555. The summed E-state index contributed by atoms with van der Waals surface area (Å²) < 4.78 is 2.05. The van der Waals surface area contributed by atoms with Gasteiger partial charge in [-0.25, -0.2) is 0 Å². The maximum atomic E-state index is 10.6. The van der Waals surface area contributed by atoms with Crippen molar-refractivity contribution in [1.29, 1.82) is 0 Å². The lowest BCUT2D eigenvalue weighted by Crippen LogP contribution is -1.92. The first kappa shape index (κ1) is 10.4. The standard InChI is InChI=1S/C12H12N2O2/c1-2-3-7-13-8-6-10-9-11(14(15)16)4-5-12(10)13/h2-6,8-9H,7H2,1H3/b3-2+. The number of hydrogen-bond acceptors (Lipinski definition) is 2. The van der Waals surface area contributed by atoms with Gasteiger partial charge in [-0.3, -0.25) is 10.1 Å². The van der Waals surface area contributed by atoms with Gasteiger partial charge in [-0.1, -0.05) is 12.2 Å². The zero-order chi connectivity index (χ0) is 11.5. The van der Waals surface area contributed by atoms with E-state index < -0.39 is 0 Å². The quantitative estimate of drug-likeness (QED) is 0.449. The van der Waals surface area contributed by atoms with Crippen LogP contribution < -0.4 is 0 Å². The molecule has 4 nitrogen and oxygen atoms in total. The molecular weight excluding hydrogens is 204 g/mol. The van der Waals surface area contributed by atoms with Crippen LogP contribution in [-0.4, -0.2) is 9.49 Å². The van der Waals surface area contributed by atoms with Crippen molar-refractivity contribution >= 4 is 16.6 Å². The van der Waals surface area contributed by atoms with E-state index in [1.165, 1.54) is 6.07 Å². The average molecular weight is 216 g/mol. The summed E-state index contributed by atoms with van der Waals surface area (Å²) in [5, 5.41) is 11.5. The molecule has 0 unspecified atom stereocenters. The van der Waals surface area contributed by atoms with Gasteiger partial charge in [0.05, 0.1) is 4.92 Å². The molecule has 4 heteroatoms. The molecule has 2 aromatic rings. The summed E-state index contributed by atoms with van der Waals surface area (Å²) in [5.74, 6) is 0. The van der Waals surface area contributed by atoms with Gasteiger partial charge in [-0.15, -0.1) is 0 Å². The maximum absolute atomic E-state index is 10.6. The third-order valence-electron chi connectivity index (χ3n) is 2.50. The van der Waals surface area contributed by atoms with Crippen LogP contribution in [0.5, 0.6) is 0 Å². The van der Waals surface area contributed by atoms with Gasteiger partial charge in [0, 0.05) is 35.8 Å².